The Morgan fingerprint density at radius 1 is 1.22 bits per heavy atom. The summed E-state index contributed by atoms with van der Waals surface area (Å²) in [6.07, 6.45) is 4.28. The minimum absolute atomic E-state index is 0. The summed E-state index contributed by atoms with van der Waals surface area (Å²) in [6.45, 7) is 8.26. The third kappa shape index (κ3) is 4.21. The lowest BCUT2D eigenvalue weighted by atomic mass is 10.1. The van der Waals surface area contributed by atoms with Gasteiger partial charge < -0.3 is 15.1 Å². The van der Waals surface area contributed by atoms with Crippen LogP contribution in [0.5, 0.6) is 0 Å². The van der Waals surface area contributed by atoms with Crippen LogP contribution in [0.15, 0.2) is 24.4 Å². The smallest absolute Gasteiger partial charge is 0.320 e. The van der Waals surface area contributed by atoms with E-state index in [1.165, 1.54) is 19.4 Å². The van der Waals surface area contributed by atoms with Gasteiger partial charge in [-0.25, -0.2) is 4.79 Å². The van der Waals surface area contributed by atoms with Gasteiger partial charge in [-0.15, -0.1) is 0 Å². The van der Waals surface area contributed by atoms with Crippen LogP contribution in [-0.2, 0) is 6.54 Å². The molecule has 0 radical (unpaired) electrons. The van der Waals surface area contributed by atoms with E-state index in [0.29, 0.717) is 24.1 Å². The fraction of sp³-hybridized carbons (Fsp3) is 0.565. The van der Waals surface area contributed by atoms with Crippen LogP contribution >= 0.6 is 0 Å². The highest BCUT2D eigenvalue weighted by atomic mass is 16.2. The minimum Gasteiger partial charge on any atom is -0.322 e. The van der Waals surface area contributed by atoms with Gasteiger partial charge >= 0.3 is 6.03 Å². The van der Waals surface area contributed by atoms with E-state index in [4.69, 9.17) is 0 Å². The number of piperazine rings is 1. The van der Waals surface area contributed by atoms with Gasteiger partial charge in [0.15, 0.2) is 5.82 Å². The number of aromatic amines is 1. The van der Waals surface area contributed by atoms with Gasteiger partial charge in [-0.2, -0.15) is 5.10 Å². The number of urea groups is 1. The fourth-order valence-corrected chi connectivity index (χ4v) is 4.61. The maximum Gasteiger partial charge on any atom is 0.320 e. The predicted octanol–water partition coefficient (Wildman–Crippen LogP) is 3.11. The van der Waals surface area contributed by atoms with Gasteiger partial charge in [0.05, 0.1) is 18.3 Å². The Kier molecular flexibility index (Phi) is 6.19. The molecule has 0 spiro atoms. The number of fused-ring (bicyclic) bond motifs is 1. The van der Waals surface area contributed by atoms with E-state index in [-0.39, 0.29) is 25.4 Å². The van der Waals surface area contributed by atoms with Crippen molar-refractivity contribution < 1.29 is 9.59 Å². The number of rotatable bonds is 4. The second-order valence-electron chi connectivity index (χ2n) is 8.95. The summed E-state index contributed by atoms with van der Waals surface area (Å²) in [6, 6.07) is 5.51. The van der Waals surface area contributed by atoms with E-state index >= 15 is 0 Å². The van der Waals surface area contributed by atoms with Crippen molar-refractivity contribution in [1.29, 1.82) is 0 Å². The van der Waals surface area contributed by atoms with Crippen LogP contribution in [-0.4, -0.2) is 74.0 Å². The summed E-state index contributed by atoms with van der Waals surface area (Å²) < 4.78 is 0. The third-order valence-electron chi connectivity index (χ3n) is 6.71. The first-order valence-electron chi connectivity index (χ1n) is 11.1. The number of hydrogen-bond acceptors (Lipinski definition) is 5. The number of pyridine rings is 1. The van der Waals surface area contributed by atoms with Gasteiger partial charge in [0.25, 0.3) is 5.91 Å². The highest BCUT2D eigenvalue weighted by molar-refractivity contribution is 6.02. The van der Waals surface area contributed by atoms with E-state index in [0.717, 1.165) is 36.8 Å². The molecular formula is C23H33N7O2. The Hall–Kier alpha value is -2.94. The molecule has 32 heavy (non-hydrogen) atoms. The van der Waals surface area contributed by atoms with Gasteiger partial charge in [0, 0.05) is 44.0 Å². The third-order valence-corrected chi connectivity index (χ3v) is 6.71. The molecule has 2 fully saturated rings. The van der Waals surface area contributed by atoms with Crippen LogP contribution < -0.4 is 5.32 Å². The van der Waals surface area contributed by atoms with Crippen LogP contribution in [0, 0.1) is 5.92 Å². The van der Waals surface area contributed by atoms with Gasteiger partial charge in [-0.05, 0) is 44.7 Å². The second kappa shape index (κ2) is 8.90. The molecule has 2 aromatic rings. The lowest BCUT2D eigenvalue weighted by Crippen LogP contribution is -2.56. The Balaban J connectivity index is 0.00000245. The molecule has 3 aliphatic rings. The number of nitrogens with zero attached hydrogens (tertiary/aromatic N) is 5. The van der Waals surface area contributed by atoms with Gasteiger partial charge in [-0.1, -0.05) is 13.5 Å². The molecule has 9 heteroatoms. The SMILES string of the molecule is C.CC1CN(C(=O)N2Cc3c(NC(=O)c4ccccn4)n[nH]c3C2C)CCN1CC1CC1. The number of aromatic nitrogens is 3. The van der Waals surface area contributed by atoms with Crippen LogP contribution in [0.3, 0.4) is 0 Å². The first-order chi connectivity index (χ1) is 15.0. The summed E-state index contributed by atoms with van der Waals surface area (Å²) in [4.78, 5) is 36.2. The molecule has 5 rings (SSSR count). The van der Waals surface area contributed by atoms with Gasteiger partial charge in [0.2, 0.25) is 0 Å². The molecular weight excluding hydrogens is 406 g/mol. The van der Waals surface area contributed by atoms with Crippen molar-refractivity contribution in [3.63, 3.8) is 0 Å². The predicted molar refractivity (Wildman–Crippen MR) is 122 cm³/mol. The van der Waals surface area contributed by atoms with Crippen molar-refractivity contribution >= 4 is 17.8 Å². The second-order valence-corrected chi connectivity index (χ2v) is 8.95. The molecule has 2 N–H and O–H groups in total. The normalized spacial score (nSPS) is 22.9. The van der Waals surface area contributed by atoms with Crippen LogP contribution in [0.25, 0.3) is 0 Å². The number of amides is 3. The number of nitrogens with one attached hydrogen (secondary N) is 2. The first kappa shape index (κ1) is 22.3. The highest BCUT2D eigenvalue weighted by Gasteiger charge is 2.39. The first-order valence-corrected chi connectivity index (χ1v) is 11.1. The maximum absolute atomic E-state index is 13.3. The highest BCUT2D eigenvalue weighted by Crippen LogP contribution is 2.37. The standard InChI is InChI=1S/C22H29N7O2.CH4/c1-14-11-28(10-9-27(14)12-16-6-7-16)22(31)29-13-17-19(15(29)2)25-26-20(17)24-21(30)18-5-3-4-8-23-18;/h3-5,8,14-16H,6-7,9-13H2,1-2H3,(H2,24,25,26,30);1H4. The van der Waals surface area contributed by atoms with Crippen molar-refractivity contribution in [3.05, 3.63) is 41.3 Å². The molecule has 0 aromatic carbocycles. The Bertz CT molecular complexity index is 972. The van der Waals surface area contributed by atoms with Gasteiger partial charge in [0.1, 0.15) is 5.69 Å². The summed E-state index contributed by atoms with van der Waals surface area (Å²) in [5.74, 6) is 1.02. The average Bonchev–Trinajstić information content (AvgIpc) is 3.43. The Labute approximate surface area is 189 Å². The van der Waals surface area contributed by atoms with Crippen molar-refractivity contribution in [2.75, 3.05) is 31.5 Å². The van der Waals surface area contributed by atoms with E-state index in [1.807, 2.05) is 16.7 Å². The molecule has 9 nitrogen and oxygen atoms in total. The zero-order valence-corrected chi connectivity index (χ0v) is 18.0. The lowest BCUT2D eigenvalue weighted by Gasteiger charge is -2.41. The molecule has 1 aliphatic carbocycles. The van der Waals surface area contributed by atoms with Crippen molar-refractivity contribution in [2.45, 2.75) is 52.7 Å². The zero-order valence-electron chi connectivity index (χ0n) is 18.0. The lowest BCUT2D eigenvalue weighted by molar-refractivity contribution is 0.0733. The van der Waals surface area contributed by atoms with E-state index in [9.17, 15) is 9.59 Å². The van der Waals surface area contributed by atoms with Crippen molar-refractivity contribution in [1.82, 2.24) is 29.9 Å². The van der Waals surface area contributed by atoms with Gasteiger partial charge in [-0.3, -0.25) is 19.8 Å². The summed E-state index contributed by atoms with van der Waals surface area (Å²) >= 11 is 0. The molecule has 4 heterocycles. The molecule has 2 unspecified atom stereocenters. The van der Waals surface area contributed by atoms with Crippen LogP contribution in [0.1, 0.15) is 61.9 Å². The number of carbonyl (C=O) groups is 2. The summed E-state index contributed by atoms with van der Waals surface area (Å²) in [5.41, 5.74) is 2.08. The molecule has 2 aromatic heterocycles. The largest absolute Gasteiger partial charge is 0.322 e. The maximum atomic E-state index is 13.3. The Morgan fingerprint density at radius 3 is 2.72 bits per heavy atom. The monoisotopic (exact) mass is 439 g/mol. The molecule has 0 bridgehead atoms. The van der Waals surface area contributed by atoms with E-state index in [1.54, 1.807) is 24.4 Å². The molecule has 2 aliphatic heterocycles. The zero-order chi connectivity index (χ0) is 21.5. The summed E-state index contributed by atoms with van der Waals surface area (Å²) in [5, 5.41) is 10.1. The molecule has 1 saturated carbocycles. The fourth-order valence-electron chi connectivity index (χ4n) is 4.61. The van der Waals surface area contributed by atoms with E-state index in [2.05, 4.69) is 32.3 Å². The number of H-pyrrole nitrogens is 1. The molecule has 1 saturated heterocycles. The molecule has 3 amide bonds. The molecule has 2 atom stereocenters. The average molecular weight is 440 g/mol. The Morgan fingerprint density at radius 2 is 2.03 bits per heavy atom. The number of hydrogen-bond donors (Lipinski definition) is 2. The van der Waals surface area contributed by atoms with Crippen LogP contribution in [0.2, 0.25) is 0 Å². The number of anilines is 1. The van der Waals surface area contributed by atoms with Crippen molar-refractivity contribution in [2.24, 2.45) is 5.92 Å². The topological polar surface area (TPSA) is 97.5 Å². The summed E-state index contributed by atoms with van der Waals surface area (Å²) in [7, 11) is 0. The number of carbonyl (C=O) groups excluding carboxylic acids is 2. The van der Waals surface area contributed by atoms with Crippen LogP contribution in [0.4, 0.5) is 10.6 Å². The van der Waals surface area contributed by atoms with E-state index < -0.39 is 0 Å². The molecule has 172 valence electrons. The van der Waals surface area contributed by atoms with Crippen molar-refractivity contribution in [3.8, 4) is 0 Å². The quantitative estimate of drug-likeness (QED) is 0.763. The minimum atomic E-state index is -0.312.